The number of ether oxygens (including phenoxy) is 1. The van der Waals surface area contributed by atoms with E-state index in [9.17, 15) is 9.00 Å². The van der Waals surface area contributed by atoms with Crippen LogP contribution in [0.15, 0.2) is 6.07 Å². The van der Waals surface area contributed by atoms with Crippen molar-refractivity contribution in [3.05, 3.63) is 21.9 Å². The highest BCUT2D eigenvalue weighted by atomic mass is 35.5. The van der Waals surface area contributed by atoms with E-state index in [0.717, 1.165) is 0 Å². The molecule has 1 aromatic heterocycles. The van der Waals surface area contributed by atoms with Gasteiger partial charge < -0.3 is 4.74 Å². The number of amides is 1. The minimum atomic E-state index is -1.37. The Bertz CT molecular complexity index is 759. The van der Waals surface area contributed by atoms with Gasteiger partial charge in [-0.3, -0.25) is 4.90 Å². The third-order valence-corrected chi connectivity index (χ3v) is 5.95. The van der Waals surface area contributed by atoms with Crippen molar-refractivity contribution in [2.24, 2.45) is 0 Å². The average Bonchev–Trinajstić information content (AvgIpc) is 2.69. The van der Waals surface area contributed by atoms with Gasteiger partial charge in [-0.1, -0.05) is 23.2 Å². The second-order valence-corrected chi connectivity index (χ2v) is 11.2. The van der Waals surface area contributed by atoms with E-state index in [1.807, 2.05) is 27.7 Å². The number of pyridine rings is 1. The Labute approximate surface area is 167 Å². The van der Waals surface area contributed by atoms with Crippen LogP contribution < -0.4 is 9.62 Å². The fourth-order valence-corrected chi connectivity index (χ4v) is 3.97. The lowest BCUT2D eigenvalue weighted by molar-refractivity contribution is 0.0578. The normalized spacial score (nSPS) is 21.5. The molecule has 0 aliphatic carbocycles. The molecule has 0 bridgehead atoms. The average molecular weight is 422 g/mol. The van der Waals surface area contributed by atoms with Gasteiger partial charge in [-0.25, -0.2) is 18.7 Å². The zero-order valence-electron chi connectivity index (χ0n) is 16.1. The Hall–Kier alpha value is -0.890. The topological polar surface area (TPSA) is 71.5 Å². The van der Waals surface area contributed by atoms with Crippen molar-refractivity contribution in [3.8, 4) is 0 Å². The van der Waals surface area contributed by atoms with Crippen molar-refractivity contribution in [2.75, 3.05) is 11.4 Å². The summed E-state index contributed by atoms with van der Waals surface area (Å²) >= 11 is 12.4. The maximum atomic E-state index is 12.7. The maximum Gasteiger partial charge on any atom is 0.414 e. The first-order valence-corrected chi connectivity index (χ1v) is 10.1. The van der Waals surface area contributed by atoms with E-state index in [0.29, 0.717) is 11.3 Å². The van der Waals surface area contributed by atoms with Crippen molar-refractivity contribution in [1.82, 2.24) is 9.71 Å². The molecule has 2 rings (SSSR count). The first-order chi connectivity index (χ1) is 11.6. The summed E-state index contributed by atoms with van der Waals surface area (Å²) in [5.41, 5.74) is -0.401. The van der Waals surface area contributed by atoms with Gasteiger partial charge in [0.15, 0.2) is 5.15 Å². The second kappa shape index (κ2) is 6.93. The van der Waals surface area contributed by atoms with Gasteiger partial charge >= 0.3 is 6.09 Å². The predicted octanol–water partition coefficient (Wildman–Crippen LogP) is 4.41. The molecule has 1 aliphatic heterocycles. The summed E-state index contributed by atoms with van der Waals surface area (Å²) in [6.07, 6.45) is -0.545. The molecule has 0 spiro atoms. The van der Waals surface area contributed by atoms with Crippen LogP contribution in [0.4, 0.5) is 10.5 Å². The van der Waals surface area contributed by atoms with Crippen molar-refractivity contribution < 1.29 is 13.7 Å². The van der Waals surface area contributed by atoms with E-state index in [1.54, 1.807) is 26.8 Å². The van der Waals surface area contributed by atoms with Crippen LogP contribution in [-0.2, 0) is 21.3 Å². The van der Waals surface area contributed by atoms with Crippen LogP contribution in [0, 0.1) is 0 Å². The number of carbonyl (C=O) groups is 1. The summed E-state index contributed by atoms with van der Waals surface area (Å²) in [5, 5.41) is 0.305. The Morgan fingerprint density at radius 2 is 1.88 bits per heavy atom. The fourth-order valence-electron chi connectivity index (χ4n) is 2.55. The van der Waals surface area contributed by atoms with Gasteiger partial charge in [0.1, 0.15) is 10.8 Å². The summed E-state index contributed by atoms with van der Waals surface area (Å²) in [7, 11) is -1.37. The van der Waals surface area contributed by atoms with E-state index in [1.165, 1.54) is 4.90 Å². The van der Waals surface area contributed by atoms with Crippen molar-refractivity contribution >= 4 is 46.0 Å². The van der Waals surface area contributed by atoms with Gasteiger partial charge in [-0.2, -0.15) is 0 Å². The molecular formula is C17H25Cl2N3O3S. The Morgan fingerprint density at radius 1 is 1.31 bits per heavy atom. The summed E-state index contributed by atoms with van der Waals surface area (Å²) < 4.78 is 20.8. The molecule has 0 radical (unpaired) electrons. The molecule has 1 aliphatic rings. The largest absolute Gasteiger partial charge is 0.443 e. The number of anilines is 1. The molecule has 1 amide bonds. The third kappa shape index (κ3) is 4.50. The fraction of sp³-hybridized carbons (Fsp3) is 0.647. The molecule has 146 valence electrons. The molecule has 1 aromatic rings. The van der Waals surface area contributed by atoms with E-state index < -0.39 is 33.0 Å². The smallest absolute Gasteiger partial charge is 0.414 e. The summed E-state index contributed by atoms with van der Waals surface area (Å²) in [4.78, 5) is 18.2. The number of hydrogen-bond donors (Lipinski definition) is 1. The van der Waals surface area contributed by atoms with Gasteiger partial charge in [0, 0.05) is 5.56 Å². The standard InChI is InChI=1S/C17H25Cl2N3O3S/c1-15(2,3)25-14(23)22-9-17(7,21-26(24)16(4,5)6)10-8-11(18)20-13(19)12(10)22/h8,21H,9H2,1-7H3/t17-,26?/m0/s1. The van der Waals surface area contributed by atoms with E-state index >= 15 is 0 Å². The van der Waals surface area contributed by atoms with Crippen LogP contribution in [-0.4, -0.2) is 32.2 Å². The van der Waals surface area contributed by atoms with Crippen LogP contribution in [0.5, 0.6) is 0 Å². The molecule has 1 N–H and O–H groups in total. The highest BCUT2D eigenvalue weighted by Gasteiger charge is 2.46. The van der Waals surface area contributed by atoms with Crippen LogP contribution in [0.1, 0.15) is 54.0 Å². The minimum Gasteiger partial charge on any atom is -0.443 e. The highest BCUT2D eigenvalue weighted by Crippen LogP contribution is 2.44. The molecule has 26 heavy (non-hydrogen) atoms. The van der Waals surface area contributed by atoms with Crippen LogP contribution in [0.2, 0.25) is 10.3 Å². The highest BCUT2D eigenvalue weighted by molar-refractivity contribution is 7.84. The lowest BCUT2D eigenvalue weighted by atomic mass is 9.97. The monoisotopic (exact) mass is 421 g/mol. The molecule has 6 nitrogen and oxygen atoms in total. The number of fused-ring (bicyclic) bond motifs is 1. The summed E-state index contributed by atoms with van der Waals surface area (Å²) in [6, 6.07) is 1.64. The molecule has 0 aromatic carbocycles. The third-order valence-electron chi connectivity index (χ3n) is 3.75. The molecule has 2 heterocycles. The molecule has 0 saturated heterocycles. The number of halogens is 2. The zero-order chi connectivity index (χ0) is 20.1. The van der Waals surface area contributed by atoms with Gasteiger partial charge in [-0.05, 0) is 54.5 Å². The van der Waals surface area contributed by atoms with E-state index in [-0.39, 0.29) is 16.9 Å². The SMILES string of the molecule is CC(C)(C)OC(=O)N1C[C@](C)(NS(=O)C(C)(C)C)c2cc(Cl)nc(Cl)c21. The summed E-state index contributed by atoms with van der Waals surface area (Å²) in [6.45, 7) is 13.0. The van der Waals surface area contributed by atoms with Gasteiger partial charge in [0.25, 0.3) is 0 Å². The molecule has 1 unspecified atom stereocenters. The second-order valence-electron chi connectivity index (χ2n) is 8.51. The minimum absolute atomic E-state index is 0.102. The number of hydrogen-bond acceptors (Lipinski definition) is 4. The van der Waals surface area contributed by atoms with Gasteiger partial charge in [-0.15, -0.1) is 0 Å². The zero-order valence-corrected chi connectivity index (χ0v) is 18.4. The number of nitrogens with zero attached hydrogens (tertiary/aromatic N) is 2. The number of nitrogens with one attached hydrogen (secondary N) is 1. The summed E-state index contributed by atoms with van der Waals surface area (Å²) in [5.74, 6) is 0. The molecule has 2 atom stereocenters. The molecule has 9 heteroatoms. The number of aromatic nitrogens is 1. The van der Waals surface area contributed by atoms with E-state index in [2.05, 4.69) is 9.71 Å². The molecule has 0 fully saturated rings. The Balaban J connectivity index is 2.50. The van der Waals surface area contributed by atoms with Gasteiger partial charge in [0.05, 0.1) is 33.5 Å². The lowest BCUT2D eigenvalue weighted by Gasteiger charge is -2.31. The quantitative estimate of drug-likeness (QED) is 0.717. The maximum absolute atomic E-state index is 12.7. The first-order valence-electron chi connectivity index (χ1n) is 8.21. The van der Waals surface area contributed by atoms with Crippen molar-refractivity contribution in [1.29, 1.82) is 0 Å². The van der Waals surface area contributed by atoms with Crippen LogP contribution in [0.3, 0.4) is 0 Å². The van der Waals surface area contributed by atoms with Gasteiger partial charge in [0.2, 0.25) is 0 Å². The number of carbonyl (C=O) groups excluding carboxylic acids is 1. The Morgan fingerprint density at radius 3 is 2.38 bits per heavy atom. The molecular weight excluding hydrogens is 397 g/mol. The van der Waals surface area contributed by atoms with Crippen molar-refractivity contribution in [2.45, 2.75) is 64.4 Å². The predicted molar refractivity (Wildman–Crippen MR) is 106 cm³/mol. The number of rotatable bonds is 2. The first kappa shape index (κ1) is 21.4. The van der Waals surface area contributed by atoms with Crippen molar-refractivity contribution in [3.63, 3.8) is 0 Å². The van der Waals surface area contributed by atoms with Crippen LogP contribution >= 0.6 is 23.2 Å². The van der Waals surface area contributed by atoms with E-state index in [4.69, 9.17) is 27.9 Å². The van der Waals surface area contributed by atoms with Crippen LogP contribution in [0.25, 0.3) is 0 Å². The lowest BCUT2D eigenvalue weighted by Crippen LogP contribution is -2.49. The Kier molecular flexibility index (Phi) is 5.71. The molecule has 0 saturated carbocycles.